The molecule has 2 aliphatic heterocycles. The highest BCUT2D eigenvalue weighted by Crippen LogP contribution is 2.36. The Morgan fingerprint density at radius 1 is 1.17 bits per heavy atom. The predicted octanol–water partition coefficient (Wildman–Crippen LogP) is 3.22. The van der Waals surface area contributed by atoms with Crippen molar-refractivity contribution in [1.29, 1.82) is 0 Å². The topological polar surface area (TPSA) is 20.3 Å². The highest BCUT2D eigenvalue weighted by Gasteiger charge is 2.37. The van der Waals surface area contributed by atoms with E-state index in [0.29, 0.717) is 18.6 Å². The maximum absolute atomic E-state index is 13.5. The number of rotatable bonds is 1. The number of ketones is 1. The first-order valence-electron chi connectivity index (χ1n) is 6.71. The molecule has 2 nitrogen and oxygen atoms in total. The first-order valence-corrected chi connectivity index (χ1v) is 6.71. The lowest BCUT2D eigenvalue weighted by atomic mass is 9.83. The SMILES string of the molecule is Cc1cc(F)cc(N2C3CCCC2CC(=O)C3)c1. The van der Waals surface area contributed by atoms with Gasteiger partial charge >= 0.3 is 0 Å². The van der Waals surface area contributed by atoms with E-state index in [1.807, 2.05) is 13.0 Å². The van der Waals surface area contributed by atoms with Crippen LogP contribution in [0.25, 0.3) is 0 Å². The number of carbonyl (C=O) groups is 1. The van der Waals surface area contributed by atoms with E-state index in [1.54, 1.807) is 12.1 Å². The largest absolute Gasteiger partial charge is 0.365 e. The van der Waals surface area contributed by atoms with Gasteiger partial charge in [-0.2, -0.15) is 0 Å². The van der Waals surface area contributed by atoms with E-state index in [4.69, 9.17) is 0 Å². The van der Waals surface area contributed by atoms with Crippen LogP contribution in [0.3, 0.4) is 0 Å². The number of nitrogens with zero attached hydrogens (tertiary/aromatic N) is 1. The maximum atomic E-state index is 13.5. The fraction of sp³-hybridized carbons (Fsp3) is 0.533. The number of Topliss-reactive ketones (excluding diaryl/α,β-unsaturated/α-hetero) is 1. The molecule has 0 saturated carbocycles. The summed E-state index contributed by atoms with van der Waals surface area (Å²) in [5.41, 5.74) is 1.90. The van der Waals surface area contributed by atoms with E-state index >= 15 is 0 Å². The zero-order valence-corrected chi connectivity index (χ0v) is 10.7. The van der Waals surface area contributed by atoms with Gasteiger partial charge in [0.1, 0.15) is 11.6 Å². The number of halogens is 1. The average molecular weight is 247 g/mol. The van der Waals surface area contributed by atoms with Crippen LogP contribution in [0.4, 0.5) is 10.1 Å². The van der Waals surface area contributed by atoms with Gasteiger partial charge in [0.05, 0.1) is 0 Å². The molecule has 1 aromatic rings. The molecule has 18 heavy (non-hydrogen) atoms. The van der Waals surface area contributed by atoms with Crippen molar-refractivity contribution in [3.63, 3.8) is 0 Å². The molecule has 0 amide bonds. The number of piperidine rings is 2. The minimum atomic E-state index is -0.181. The first kappa shape index (κ1) is 11.7. The van der Waals surface area contributed by atoms with Gasteiger partial charge < -0.3 is 4.90 Å². The normalized spacial score (nSPS) is 27.4. The molecule has 2 aliphatic rings. The van der Waals surface area contributed by atoms with Gasteiger partial charge in [0.15, 0.2) is 0 Å². The Hall–Kier alpha value is -1.38. The Labute approximate surface area is 107 Å². The summed E-state index contributed by atoms with van der Waals surface area (Å²) in [6, 6.07) is 5.75. The van der Waals surface area contributed by atoms with Crippen molar-refractivity contribution < 1.29 is 9.18 Å². The maximum Gasteiger partial charge on any atom is 0.137 e. The minimum Gasteiger partial charge on any atom is -0.365 e. The molecule has 0 radical (unpaired) electrons. The third-order valence-corrected chi connectivity index (χ3v) is 4.11. The summed E-state index contributed by atoms with van der Waals surface area (Å²) in [5, 5.41) is 0. The summed E-state index contributed by atoms with van der Waals surface area (Å²) >= 11 is 0. The van der Waals surface area contributed by atoms with Crippen molar-refractivity contribution in [2.45, 2.75) is 51.1 Å². The van der Waals surface area contributed by atoms with Crippen molar-refractivity contribution >= 4 is 11.5 Å². The summed E-state index contributed by atoms with van der Waals surface area (Å²) in [5.74, 6) is 0.189. The lowest BCUT2D eigenvalue weighted by Gasteiger charge is -2.47. The van der Waals surface area contributed by atoms with Gasteiger partial charge in [0.25, 0.3) is 0 Å². The molecular weight excluding hydrogens is 229 g/mol. The second kappa shape index (κ2) is 4.38. The van der Waals surface area contributed by atoms with Crippen LogP contribution in [0.5, 0.6) is 0 Å². The predicted molar refractivity (Wildman–Crippen MR) is 69.3 cm³/mol. The molecule has 0 N–H and O–H groups in total. The van der Waals surface area contributed by atoms with Crippen LogP contribution < -0.4 is 4.90 Å². The summed E-state index contributed by atoms with van der Waals surface area (Å²) in [6.45, 7) is 1.91. The van der Waals surface area contributed by atoms with Crippen molar-refractivity contribution in [2.75, 3.05) is 4.90 Å². The average Bonchev–Trinajstić information content (AvgIpc) is 2.26. The smallest absolute Gasteiger partial charge is 0.137 e. The molecule has 2 saturated heterocycles. The third-order valence-electron chi connectivity index (χ3n) is 4.11. The Morgan fingerprint density at radius 3 is 2.44 bits per heavy atom. The van der Waals surface area contributed by atoms with Crippen LogP contribution in [0.1, 0.15) is 37.7 Å². The number of hydrogen-bond donors (Lipinski definition) is 0. The Balaban J connectivity index is 1.97. The lowest BCUT2D eigenvalue weighted by molar-refractivity contribution is -0.121. The number of anilines is 1. The van der Waals surface area contributed by atoms with Gasteiger partial charge in [-0.3, -0.25) is 4.79 Å². The van der Waals surface area contributed by atoms with E-state index < -0.39 is 0 Å². The molecule has 2 bridgehead atoms. The molecule has 0 aliphatic carbocycles. The van der Waals surface area contributed by atoms with Gasteiger partial charge in [-0.15, -0.1) is 0 Å². The standard InChI is InChI=1S/C15H18FNO/c1-10-5-11(16)7-14(6-10)17-12-3-2-4-13(17)9-15(18)8-12/h5-7,12-13H,2-4,8-9H2,1H3. The van der Waals surface area contributed by atoms with Crippen molar-refractivity contribution in [2.24, 2.45) is 0 Å². The van der Waals surface area contributed by atoms with Crippen LogP contribution >= 0.6 is 0 Å². The Kier molecular flexibility index (Phi) is 2.84. The molecule has 0 aromatic heterocycles. The number of benzene rings is 1. The molecule has 3 heteroatoms. The fourth-order valence-electron chi connectivity index (χ4n) is 3.46. The van der Waals surface area contributed by atoms with Crippen LogP contribution in [-0.2, 0) is 4.79 Å². The zero-order chi connectivity index (χ0) is 12.7. The molecule has 2 unspecified atom stereocenters. The van der Waals surface area contributed by atoms with E-state index in [2.05, 4.69) is 4.90 Å². The summed E-state index contributed by atoms with van der Waals surface area (Å²) in [6.07, 6.45) is 4.56. The van der Waals surface area contributed by atoms with Crippen molar-refractivity contribution in [1.82, 2.24) is 0 Å². The number of carbonyl (C=O) groups excluding carboxylic acids is 1. The highest BCUT2D eigenvalue weighted by atomic mass is 19.1. The van der Waals surface area contributed by atoms with Crippen molar-refractivity contribution in [3.05, 3.63) is 29.6 Å². The third kappa shape index (κ3) is 2.02. The fourth-order valence-corrected chi connectivity index (χ4v) is 3.46. The first-order chi connectivity index (χ1) is 8.63. The minimum absolute atomic E-state index is 0.181. The van der Waals surface area contributed by atoms with Gasteiger partial charge in [-0.1, -0.05) is 0 Å². The molecule has 0 spiro atoms. The lowest BCUT2D eigenvalue weighted by Crippen LogP contribution is -2.52. The molecule has 3 rings (SSSR count). The van der Waals surface area contributed by atoms with E-state index in [-0.39, 0.29) is 17.9 Å². The van der Waals surface area contributed by atoms with Crippen molar-refractivity contribution in [3.8, 4) is 0 Å². The van der Waals surface area contributed by atoms with E-state index in [9.17, 15) is 9.18 Å². The molecule has 2 heterocycles. The zero-order valence-electron chi connectivity index (χ0n) is 10.7. The Morgan fingerprint density at radius 2 is 1.83 bits per heavy atom. The molecular formula is C15H18FNO. The van der Waals surface area contributed by atoms with Gasteiger partial charge in [-0.05, 0) is 49.9 Å². The number of hydrogen-bond acceptors (Lipinski definition) is 2. The molecule has 2 fully saturated rings. The van der Waals surface area contributed by atoms with Crippen LogP contribution in [0.2, 0.25) is 0 Å². The van der Waals surface area contributed by atoms with Gasteiger partial charge in [0.2, 0.25) is 0 Å². The number of fused-ring (bicyclic) bond motifs is 2. The second-order valence-electron chi connectivity index (χ2n) is 5.58. The van der Waals surface area contributed by atoms with Gasteiger partial charge in [-0.25, -0.2) is 4.39 Å². The quantitative estimate of drug-likeness (QED) is 0.759. The number of aryl methyl sites for hydroxylation is 1. The highest BCUT2D eigenvalue weighted by molar-refractivity contribution is 5.82. The van der Waals surface area contributed by atoms with Crippen LogP contribution in [-0.4, -0.2) is 17.9 Å². The van der Waals surface area contributed by atoms with Crippen LogP contribution in [0.15, 0.2) is 18.2 Å². The molecule has 96 valence electrons. The molecule has 2 atom stereocenters. The monoisotopic (exact) mass is 247 g/mol. The second-order valence-corrected chi connectivity index (χ2v) is 5.58. The summed E-state index contributed by atoms with van der Waals surface area (Å²) in [7, 11) is 0. The molecule has 1 aromatic carbocycles. The Bertz CT molecular complexity index is 449. The summed E-state index contributed by atoms with van der Waals surface area (Å²) < 4.78 is 13.5. The van der Waals surface area contributed by atoms with Gasteiger partial charge in [0, 0.05) is 30.6 Å². The van der Waals surface area contributed by atoms with Crippen LogP contribution in [0, 0.1) is 12.7 Å². The summed E-state index contributed by atoms with van der Waals surface area (Å²) in [4.78, 5) is 14.0. The van der Waals surface area contributed by atoms with E-state index in [0.717, 1.165) is 24.1 Å². The van der Waals surface area contributed by atoms with E-state index in [1.165, 1.54) is 6.42 Å².